The molecule has 1 aliphatic rings. The zero-order chi connectivity index (χ0) is 25.5. The molecule has 6 aromatic rings. The van der Waals surface area contributed by atoms with Crippen molar-refractivity contribution in [3.63, 3.8) is 0 Å². The molecule has 5 nitrogen and oxygen atoms in total. The van der Waals surface area contributed by atoms with E-state index in [1.807, 2.05) is 71.6 Å². The molecular formula is C33H27N3O2. The smallest absolute Gasteiger partial charge is 0.227 e. The van der Waals surface area contributed by atoms with E-state index in [1.54, 1.807) is 0 Å². The minimum Gasteiger partial charge on any atom is -0.491 e. The summed E-state index contributed by atoms with van der Waals surface area (Å²) < 4.78 is 8.53. The number of nitrogens with zero attached hydrogens (tertiary/aromatic N) is 3. The molecule has 0 saturated carbocycles. The van der Waals surface area contributed by atoms with Gasteiger partial charge in [-0.1, -0.05) is 84.9 Å². The van der Waals surface area contributed by atoms with Gasteiger partial charge in [0.1, 0.15) is 18.2 Å². The summed E-state index contributed by atoms with van der Waals surface area (Å²) in [4.78, 5) is 20.3. The number of carbonyl (C=O) groups is 1. The van der Waals surface area contributed by atoms with E-state index >= 15 is 0 Å². The van der Waals surface area contributed by atoms with E-state index in [9.17, 15) is 4.79 Å². The Morgan fingerprint density at radius 1 is 0.763 bits per heavy atom. The van der Waals surface area contributed by atoms with Gasteiger partial charge in [0.05, 0.1) is 23.3 Å². The molecule has 1 unspecified atom stereocenters. The molecule has 0 bridgehead atoms. The molecule has 0 radical (unpaired) electrons. The summed E-state index contributed by atoms with van der Waals surface area (Å²) in [6.45, 7) is 1.77. The van der Waals surface area contributed by atoms with Gasteiger partial charge in [0.25, 0.3) is 0 Å². The molecule has 1 aromatic heterocycles. The maximum Gasteiger partial charge on any atom is 0.227 e. The van der Waals surface area contributed by atoms with E-state index in [2.05, 4.69) is 47.0 Å². The summed E-state index contributed by atoms with van der Waals surface area (Å²) >= 11 is 0. The highest BCUT2D eigenvalue weighted by Gasteiger charge is 2.35. The number of hydrogen-bond donors (Lipinski definition) is 0. The number of imidazole rings is 1. The highest BCUT2D eigenvalue weighted by Crippen LogP contribution is 2.36. The van der Waals surface area contributed by atoms with Gasteiger partial charge in [-0.05, 0) is 35.0 Å². The predicted molar refractivity (Wildman–Crippen MR) is 153 cm³/mol. The lowest BCUT2D eigenvalue weighted by molar-refractivity contribution is -0.117. The van der Waals surface area contributed by atoms with E-state index < -0.39 is 0 Å². The Morgan fingerprint density at radius 2 is 1.45 bits per heavy atom. The Balaban J connectivity index is 1.19. The van der Waals surface area contributed by atoms with Gasteiger partial charge in [0, 0.05) is 29.7 Å². The van der Waals surface area contributed by atoms with Gasteiger partial charge in [-0.15, -0.1) is 0 Å². The first-order chi connectivity index (χ1) is 18.8. The maximum atomic E-state index is 13.3. The van der Waals surface area contributed by atoms with Gasteiger partial charge in [-0.2, -0.15) is 0 Å². The van der Waals surface area contributed by atoms with Crippen LogP contribution in [0.2, 0.25) is 0 Å². The maximum absolute atomic E-state index is 13.3. The summed E-state index contributed by atoms with van der Waals surface area (Å²) in [7, 11) is 0. The van der Waals surface area contributed by atoms with Crippen LogP contribution in [0.25, 0.3) is 32.6 Å². The van der Waals surface area contributed by atoms with Crippen molar-refractivity contribution in [3.05, 3.63) is 115 Å². The third kappa shape index (κ3) is 3.88. The van der Waals surface area contributed by atoms with Crippen molar-refractivity contribution in [1.82, 2.24) is 9.55 Å². The fraction of sp³-hybridized carbons (Fsp3) is 0.152. The second kappa shape index (κ2) is 9.34. The standard InChI is InChI=1S/C33H27N3O2/c37-32-21-25(22-36(32)29-17-7-11-23-9-1-3-13-26(23)29)33-34-28-15-5-6-16-30(28)35(33)19-20-38-31-18-8-12-24-10-2-4-14-27(24)31/h1-18,25H,19-22H2. The van der Waals surface area contributed by atoms with Crippen molar-refractivity contribution >= 4 is 44.2 Å². The Bertz CT molecular complexity index is 1790. The number of anilines is 1. The van der Waals surface area contributed by atoms with Gasteiger partial charge in [0.15, 0.2) is 0 Å². The van der Waals surface area contributed by atoms with Crippen molar-refractivity contribution in [2.75, 3.05) is 18.1 Å². The molecule has 0 aliphatic carbocycles. The van der Waals surface area contributed by atoms with Crippen LogP contribution in [0.15, 0.2) is 109 Å². The molecule has 1 aliphatic heterocycles. The molecule has 1 atom stereocenters. The van der Waals surface area contributed by atoms with Crippen LogP contribution in [0.1, 0.15) is 18.2 Å². The zero-order valence-electron chi connectivity index (χ0n) is 21.0. The monoisotopic (exact) mass is 497 g/mol. The quantitative estimate of drug-likeness (QED) is 0.250. The van der Waals surface area contributed by atoms with Crippen LogP contribution >= 0.6 is 0 Å². The van der Waals surface area contributed by atoms with E-state index in [0.29, 0.717) is 26.1 Å². The normalized spacial score (nSPS) is 15.6. The van der Waals surface area contributed by atoms with E-state index in [0.717, 1.165) is 49.8 Å². The van der Waals surface area contributed by atoms with Gasteiger partial charge < -0.3 is 14.2 Å². The number of carbonyl (C=O) groups excluding carboxylic acids is 1. The number of amides is 1. The summed E-state index contributed by atoms with van der Waals surface area (Å²) in [6, 6.07) is 37.0. The van der Waals surface area contributed by atoms with Crippen LogP contribution in [0.4, 0.5) is 5.69 Å². The SMILES string of the molecule is O=C1CC(c2nc3ccccc3n2CCOc2cccc3ccccc23)CN1c1cccc2ccccc12. The topological polar surface area (TPSA) is 47.4 Å². The molecule has 1 amide bonds. The van der Waals surface area contributed by atoms with Gasteiger partial charge in [0.2, 0.25) is 5.91 Å². The number of para-hydroxylation sites is 2. The van der Waals surface area contributed by atoms with Gasteiger partial charge >= 0.3 is 0 Å². The molecule has 1 fully saturated rings. The van der Waals surface area contributed by atoms with E-state index in [1.165, 1.54) is 0 Å². The second-order valence-corrected chi connectivity index (χ2v) is 9.84. The lowest BCUT2D eigenvalue weighted by Gasteiger charge is -2.19. The van der Waals surface area contributed by atoms with Crippen LogP contribution in [0.3, 0.4) is 0 Å². The Kier molecular flexibility index (Phi) is 5.54. The predicted octanol–water partition coefficient (Wildman–Crippen LogP) is 6.94. The zero-order valence-corrected chi connectivity index (χ0v) is 21.0. The Morgan fingerprint density at radius 3 is 2.32 bits per heavy atom. The van der Waals surface area contributed by atoms with Crippen LogP contribution in [-0.2, 0) is 11.3 Å². The third-order valence-electron chi connectivity index (χ3n) is 7.55. The lowest BCUT2D eigenvalue weighted by Crippen LogP contribution is -2.25. The first-order valence-corrected chi connectivity index (χ1v) is 13.1. The molecule has 5 aromatic carbocycles. The van der Waals surface area contributed by atoms with E-state index in [-0.39, 0.29) is 11.8 Å². The Labute approximate surface area is 220 Å². The summed E-state index contributed by atoms with van der Waals surface area (Å²) in [6.07, 6.45) is 0.441. The molecular weight excluding hydrogens is 470 g/mol. The number of aromatic nitrogens is 2. The van der Waals surface area contributed by atoms with Crippen molar-refractivity contribution in [1.29, 1.82) is 0 Å². The van der Waals surface area contributed by atoms with Gasteiger partial charge in [-0.25, -0.2) is 4.98 Å². The fourth-order valence-electron chi connectivity index (χ4n) is 5.77. The highest BCUT2D eigenvalue weighted by atomic mass is 16.5. The van der Waals surface area contributed by atoms with Crippen LogP contribution in [0.5, 0.6) is 5.75 Å². The summed E-state index contributed by atoms with van der Waals surface area (Å²) in [5, 5.41) is 4.51. The molecule has 0 N–H and O–H groups in total. The minimum atomic E-state index is 0.00595. The van der Waals surface area contributed by atoms with Gasteiger partial charge in [-0.3, -0.25) is 4.79 Å². The number of ether oxygens (including phenoxy) is 1. The average molecular weight is 498 g/mol. The van der Waals surface area contributed by atoms with E-state index in [4.69, 9.17) is 9.72 Å². The number of benzene rings is 5. The third-order valence-corrected chi connectivity index (χ3v) is 7.55. The molecule has 5 heteroatoms. The number of rotatable bonds is 6. The first-order valence-electron chi connectivity index (χ1n) is 13.1. The first kappa shape index (κ1) is 22.5. The van der Waals surface area contributed by atoms with Crippen molar-refractivity contribution in [2.24, 2.45) is 0 Å². The fourth-order valence-corrected chi connectivity index (χ4v) is 5.77. The molecule has 7 rings (SSSR count). The van der Waals surface area contributed by atoms with Crippen molar-refractivity contribution in [2.45, 2.75) is 18.9 Å². The number of fused-ring (bicyclic) bond motifs is 3. The number of hydrogen-bond acceptors (Lipinski definition) is 3. The molecule has 0 spiro atoms. The van der Waals surface area contributed by atoms with Crippen LogP contribution in [-0.4, -0.2) is 28.6 Å². The minimum absolute atomic E-state index is 0.00595. The lowest BCUT2D eigenvalue weighted by atomic mass is 10.1. The van der Waals surface area contributed by atoms with Crippen molar-refractivity contribution in [3.8, 4) is 5.75 Å². The molecule has 1 saturated heterocycles. The summed E-state index contributed by atoms with van der Waals surface area (Å²) in [5.74, 6) is 1.97. The molecule has 2 heterocycles. The average Bonchev–Trinajstić information content (AvgIpc) is 3.53. The molecule has 186 valence electrons. The Hall–Kier alpha value is -4.64. The highest BCUT2D eigenvalue weighted by molar-refractivity contribution is 6.05. The summed E-state index contributed by atoms with van der Waals surface area (Å²) in [5.41, 5.74) is 2.99. The van der Waals surface area contributed by atoms with Crippen LogP contribution in [0, 0.1) is 0 Å². The molecule has 38 heavy (non-hydrogen) atoms. The van der Waals surface area contributed by atoms with Crippen molar-refractivity contribution < 1.29 is 9.53 Å². The largest absolute Gasteiger partial charge is 0.491 e. The second-order valence-electron chi connectivity index (χ2n) is 9.84. The van der Waals surface area contributed by atoms with Crippen LogP contribution < -0.4 is 9.64 Å².